The summed E-state index contributed by atoms with van der Waals surface area (Å²) in [6.07, 6.45) is 5.57. The average Bonchev–Trinajstić information content (AvgIpc) is 2.74. The Labute approximate surface area is 178 Å². The summed E-state index contributed by atoms with van der Waals surface area (Å²) < 4.78 is 0. The van der Waals surface area contributed by atoms with Crippen molar-refractivity contribution < 1.29 is 0 Å². The van der Waals surface area contributed by atoms with Gasteiger partial charge in [0.05, 0.1) is 0 Å². The van der Waals surface area contributed by atoms with Crippen molar-refractivity contribution in [3.8, 4) is 11.1 Å². The van der Waals surface area contributed by atoms with E-state index >= 15 is 0 Å². The molecule has 2 heteroatoms. The molecule has 152 valence electrons. The van der Waals surface area contributed by atoms with Crippen molar-refractivity contribution in [3.05, 3.63) is 78.5 Å². The van der Waals surface area contributed by atoms with Gasteiger partial charge in [-0.25, -0.2) is 0 Å². The Morgan fingerprint density at radius 2 is 1.48 bits per heavy atom. The van der Waals surface area contributed by atoms with Gasteiger partial charge in [0.1, 0.15) is 8.07 Å². The zero-order valence-electron chi connectivity index (χ0n) is 18.7. The Kier molecular flexibility index (Phi) is 7.08. The van der Waals surface area contributed by atoms with Crippen molar-refractivity contribution in [2.75, 3.05) is 0 Å². The Bertz CT molecular complexity index is 892. The van der Waals surface area contributed by atoms with Gasteiger partial charge in [0.25, 0.3) is 0 Å². The van der Waals surface area contributed by atoms with Crippen LogP contribution in [0.4, 0.5) is 0 Å². The smallest absolute Gasteiger partial charge is 0.146 e. The second-order valence-electron chi connectivity index (χ2n) is 8.73. The Hall–Kier alpha value is -2.19. The van der Waals surface area contributed by atoms with Crippen molar-refractivity contribution in [3.63, 3.8) is 0 Å². The summed E-state index contributed by atoms with van der Waals surface area (Å²) in [6, 6.07) is 24.5. The quantitative estimate of drug-likeness (QED) is 0.394. The zero-order chi connectivity index (χ0) is 20.9. The first-order valence-corrected chi connectivity index (χ1v) is 13.3. The van der Waals surface area contributed by atoms with E-state index in [2.05, 4.69) is 95.3 Å². The lowest BCUT2D eigenvalue weighted by Crippen LogP contribution is -2.64. The molecule has 0 saturated heterocycles. The molecule has 0 fully saturated rings. The molecule has 2 aromatic carbocycles. The zero-order valence-corrected chi connectivity index (χ0v) is 19.7. The van der Waals surface area contributed by atoms with Crippen molar-refractivity contribution in [2.45, 2.75) is 65.0 Å². The standard InChI is InChI=1S/C27H35NSi/c1-6-7-13-25-20-24(23-14-9-8-10-15-23)17-18-26(25)29(21(2)3,22(4)5)27-16-11-12-19-28-27/h8-12,14-22H,6-7,13H2,1-5H3. The highest BCUT2D eigenvalue weighted by Gasteiger charge is 2.45. The van der Waals surface area contributed by atoms with Crippen molar-refractivity contribution in [1.82, 2.24) is 4.98 Å². The Morgan fingerprint density at radius 3 is 2.07 bits per heavy atom. The third-order valence-electron chi connectivity index (χ3n) is 6.37. The van der Waals surface area contributed by atoms with E-state index in [0.29, 0.717) is 11.1 Å². The van der Waals surface area contributed by atoms with Gasteiger partial charge in [-0.3, -0.25) is 4.98 Å². The highest BCUT2D eigenvalue weighted by Crippen LogP contribution is 2.34. The van der Waals surface area contributed by atoms with Gasteiger partial charge in [-0.2, -0.15) is 0 Å². The minimum Gasteiger partial charge on any atom is -0.266 e. The third-order valence-corrected chi connectivity index (χ3v) is 12.5. The molecule has 0 aliphatic carbocycles. The Morgan fingerprint density at radius 1 is 0.793 bits per heavy atom. The molecular weight excluding hydrogens is 366 g/mol. The average molecular weight is 402 g/mol. The van der Waals surface area contributed by atoms with Crippen LogP contribution in [0.1, 0.15) is 53.0 Å². The number of rotatable bonds is 8. The van der Waals surface area contributed by atoms with Gasteiger partial charge in [0, 0.05) is 11.5 Å². The first-order valence-electron chi connectivity index (χ1n) is 11.1. The molecule has 0 N–H and O–H groups in total. The summed E-state index contributed by atoms with van der Waals surface area (Å²) in [4.78, 5) is 4.93. The van der Waals surface area contributed by atoms with Crippen LogP contribution in [0.25, 0.3) is 11.1 Å². The normalized spacial score (nSPS) is 12.0. The number of benzene rings is 2. The predicted molar refractivity (Wildman–Crippen MR) is 130 cm³/mol. The third kappa shape index (κ3) is 4.23. The summed E-state index contributed by atoms with van der Waals surface area (Å²) in [7, 11) is -2.03. The maximum Gasteiger partial charge on any atom is 0.146 e. The van der Waals surface area contributed by atoms with Crippen LogP contribution in [0.15, 0.2) is 72.9 Å². The highest BCUT2D eigenvalue weighted by atomic mass is 28.3. The van der Waals surface area contributed by atoms with Crippen LogP contribution in [0.3, 0.4) is 0 Å². The summed E-state index contributed by atoms with van der Waals surface area (Å²) in [5, 5.41) is 2.92. The van der Waals surface area contributed by atoms with E-state index in [1.807, 2.05) is 12.3 Å². The first-order chi connectivity index (χ1) is 14.0. The molecule has 0 bridgehead atoms. The van der Waals surface area contributed by atoms with Crippen LogP contribution >= 0.6 is 0 Å². The molecule has 3 aromatic rings. The van der Waals surface area contributed by atoms with E-state index in [-0.39, 0.29) is 0 Å². The monoisotopic (exact) mass is 401 g/mol. The summed E-state index contributed by atoms with van der Waals surface area (Å²) >= 11 is 0. The van der Waals surface area contributed by atoms with Crippen LogP contribution in [0, 0.1) is 0 Å². The lowest BCUT2D eigenvalue weighted by atomic mass is 10.0. The largest absolute Gasteiger partial charge is 0.266 e. The van der Waals surface area contributed by atoms with Crippen molar-refractivity contribution in [1.29, 1.82) is 0 Å². The predicted octanol–water partition coefficient (Wildman–Crippen LogP) is 6.47. The maximum atomic E-state index is 4.93. The number of hydrogen-bond acceptors (Lipinski definition) is 1. The van der Waals surface area contributed by atoms with E-state index in [0.717, 1.165) is 6.42 Å². The molecular formula is C27H35NSi. The number of aromatic nitrogens is 1. The van der Waals surface area contributed by atoms with Gasteiger partial charge in [-0.05, 0) is 57.9 Å². The minimum absolute atomic E-state index is 0.584. The van der Waals surface area contributed by atoms with E-state index in [9.17, 15) is 0 Å². The summed E-state index contributed by atoms with van der Waals surface area (Å²) in [6.45, 7) is 11.9. The van der Waals surface area contributed by atoms with E-state index in [1.165, 1.54) is 34.8 Å². The maximum absolute atomic E-state index is 4.93. The molecule has 1 heterocycles. The van der Waals surface area contributed by atoms with E-state index < -0.39 is 8.07 Å². The SMILES string of the molecule is CCCCc1cc(-c2ccccc2)ccc1[Si](c1ccccn1)(C(C)C)C(C)C. The molecule has 29 heavy (non-hydrogen) atoms. The molecule has 0 radical (unpaired) electrons. The van der Waals surface area contributed by atoms with E-state index in [4.69, 9.17) is 4.98 Å². The second kappa shape index (κ2) is 9.54. The number of pyridine rings is 1. The van der Waals surface area contributed by atoms with Crippen LogP contribution in [-0.4, -0.2) is 13.1 Å². The molecule has 0 aliphatic heterocycles. The van der Waals surface area contributed by atoms with Crippen LogP contribution in [0.5, 0.6) is 0 Å². The van der Waals surface area contributed by atoms with Crippen LogP contribution < -0.4 is 10.5 Å². The molecule has 3 rings (SSSR count). The van der Waals surface area contributed by atoms with Gasteiger partial charge >= 0.3 is 0 Å². The van der Waals surface area contributed by atoms with Gasteiger partial charge in [-0.1, -0.05) is 95.6 Å². The molecule has 0 unspecified atom stereocenters. The van der Waals surface area contributed by atoms with Crippen LogP contribution in [-0.2, 0) is 6.42 Å². The number of unbranched alkanes of at least 4 members (excludes halogenated alkanes) is 1. The van der Waals surface area contributed by atoms with Gasteiger partial charge < -0.3 is 0 Å². The van der Waals surface area contributed by atoms with Gasteiger partial charge in [0.15, 0.2) is 0 Å². The molecule has 0 spiro atoms. The molecule has 0 aliphatic rings. The molecule has 0 amide bonds. The van der Waals surface area contributed by atoms with Gasteiger partial charge in [0.2, 0.25) is 0 Å². The summed E-state index contributed by atoms with van der Waals surface area (Å²) in [5.41, 5.74) is 5.33. The van der Waals surface area contributed by atoms with Crippen molar-refractivity contribution >= 4 is 18.6 Å². The molecule has 1 aromatic heterocycles. The van der Waals surface area contributed by atoms with E-state index in [1.54, 1.807) is 5.19 Å². The minimum atomic E-state index is -2.03. The Balaban J connectivity index is 2.24. The second-order valence-corrected chi connectivity index (χ2v) is 13.8. The fourth-order valence-corrected chi connectivity index (χ4v) is 10.8. The van der Waals surface area contributed by atoms with Gasteiger partial charge in [-0.15, -0.1) is 0 Å². The highest BCUT2D eigenvalue weighted by molar-refractivity contribution is 7.03. The first kappa shape index (κ1) is 21.5. The molecule has 0 atom stereocenters. The topological polar surface area (TPSA) is 12.9 Å². The van der Waals surface area contributed by atoms with Crippen LogP contribution in [0.2, 0.25) is 11.1 Å². The number of aryl methyl sites for hydroxylation is 1. The molecule has 1 nitrogen and oxygen atoms in total. The number of nitrogens with zero attached hydrogens (tertiary/aromatic N) is 1. The summed E-state index contributed by atoms with van der Waals surface area (Å²) in [5.74, 6) is 0. The number of hydrogen-bond donors (Lipinski definition) is 0. The fraction of sp³-hybridized carbons (Fsp3) is 0.370. The lowest BCUT2D eigenvalue weighted by Gasteiger charge is -2.40. The van der Waals surface area contributed by atoms with Crippen molar-refractivity contribution in [2.24, 2.45) is 0 Å². The lowest BCUT2D eigenvalue weighted by molar-refractivity contribution is 0.796. The fourth-order valence-electron chi connectivity index (χ4n) is 5.01. The molecule has 0 saturated carbocycles.